The van der Waals surface area contributed by atoms with Gasteiger partial charge in [-0.15, -0.1) is 0 Å². The average molecular weight is 167 g/mol. The van der Waals surface area contributed by atoms with Crippen molar-refractivity contribution in [2.24, 2.45) is 5.73 Å². The fraction of sp³-hybridized carbons (Fsp3) is 0.375. The third kappa shape index (κ3) is 1.93. The molecule has 0 radical (unpaired) electrons. The summed E-state index contributed by atoms with van der Waals surface area (Å²) in [6.07, 6.45) is 0.929. The smallest absolute Gasteiger partial charge is 0.0730 e. The molecule has 0 bridgehead atoms. The van der Waals surface area contributed by atoms with Gasteiger partial charge in [0.1, 0.15) is 0 Å². The van der Waals surface area contributed by atoms with Gasteiger partial charge in [-0.3, -0.25) is 4.98 Å². The summed E-state index contributed by atoms with van der Waals surface area (Å²) in [6, 6.07) is 2.99. The topological polar surface area (TPSA) is 85.2 Å². The monoisotopic (exact) mass is 167 g/mol. The number of hydrogen-bond acceptors (Lipinski definition) is 4. The molecule has 0 amide bonds. The molecule has 1 aromatic heterocycles. The third-order valence-electron chi connectivity index (χ3n) is 1.67. The molecule has 0 aliphatic rings. The number of aliphatic hydroxyl groups excluding tert-OH is 1. The molecular weight excluding hydrogens is 154 g/mol. The van der Waals surface area contributed by atoms with Crippen molar-refractivity contribution >= 4 is 5.69 Å². The number of aliphatic hydroxyl groups is 1. The Bertz CT molecular complexity index is 245. The standard InChI is InChI=1S/C8H13N3O/c1-5(12)8(10)7-3-2-6(9)4-11-7/h2-5,8,12H,9-10H2,1H3/t5-,8+/m0/s1. The van der Waals surface area contributed by atoms with Crippen LogP contribution in [0.4, 0.5) is 5.69 Å². The van der Waals surface area contributed by atoms with Gasteiger partial charge in [-0.05, 0) is 19.1 Å². The number of nitrogens with zero attached hydrogens (tertiary/aromatic N) is 1. The van der Waals surface area contributed by atoms with E-state index in [0.717, 1.165) is 0 Å². The highest BCUT2D eigenvalue weighted by molar-refractivity contribution is 5.35. The van der Waals surface area contributed by atoms with Gasteiger partial charge in [-0.1, -0.05) is 0 Å². The highest BCUT2D eigenvalue weighted by Gasteiger charge is 2.12. The predicted octanol–water partition coefficient (Wildman–Crippen LogP) is 0.0444. The van der Waals surface area contributed by atoms with E-state index >= 15 is 0 Å². The fourth-order valence-electron chi connectivity index (χ4n) is 0.861. The molecule has 2 atom stereocenters. The van der Waals surface area contributed by atoms with E-state index in [4.69, 9.17) is 16.6 Å². The lowest BCUT2D eigenvalue weighted by atomic mass is 10.1. The van der Waals surface area contributed by atoms with Crippen LogP contribution in [-0.4, -0.2) is 16.2 Å². The van der Waals surface area contributed by atoms with Gasteiger partial charge in [-0.25, -0.2) is 0 Å². The van der Waals surface area contributed by atoms with Crippen molar-refractivity contribution in [3.63, 3.8) is 0 Å². The minimum atomic E-state index is -0.596. The van der Waals surface area contributed by atoms with Crippen LogP contribution in [0.2, 0.25) is 0 Å². The zero-order valence-corrected chi connectivity index (χ0v) is 6.94. The maximum Gasteiger partial charge on any atom is 0.0730 e. The molecule has 12 heavy (non-hydrogen) atoms. The number of hydrogen-bond donors (Lipinski definition) is 3. The zero-order chi connectivity index (χ0) is 9.14. The van der Waals surface area contributed by atoms with E-state index in [-0.39, 0.29) is 0 Å². The van der Waals surface area contributed by atoms with E-state index in [1.165, 1.54) is 6.20 Å². The van der Waals surface area contributed by atoms with E-state index in [1.54, 1.807) is 19.1 Å². The van der Waals surface area contributed by atoms with Gasteiger partial charge < -0.3 is 16.6 Å². The molecule has 4 heteroatoms. The van der Waals surface area contributed by atoms with Crippen LogP contribution < -0.4 is 11.5 Å². The molecule has 0 saturated carbocycles. The summed E-state index contributed by atoms with van der Waals surface area (Å²) in [4.78, 5) is 3.99. The van der Waals surface area contributed by atoms with Gasteiger partial charge in [0.2, 0.25) is 0 Å². The van der Waals surface area contributed by atoms with E-state index in [9.17, 15) is 0 Å². The van der Waals surface area contributed by atoms with Crippen LogP contribution in [0.15, 0.2) is 18.3 Å². The van der Waals surface area contributed by atoms with Crippen LogP contribution in [0, 0.1) is 0 Å². The van der Waals surface area contributed by atoms with Gasteiger partial charge in [0.05, 0.1) is 29.7 Å². The summed E-state index contributed by atoms with van der Waals surface area (Å²) in [5, 5.41) is 9.15. The Morgan fingerprint density at radius 3 is 2.58 bits per heavy atom. The number of anilines is 1. The third-order valence-corrected chi connectivity index (χ3v) is 1.67. The Morgan fingerprint density at radius 1 is 1.50 bits per heavy atom. The number of rotatable bonds is 2. The van der Waals surface area contributed by atoms with E-state index in [1.807, 2.05) is 0 Å². The lowest BCUT2D eigenvalue weighted by molar-refractivity contribution is 0.162. The Labute approximate surface area is 71.2 Å². The number of nitrogens with two attached hydrogens (primary N) is 2. The van der Waals surface area contributed by atoms with Crippen molar-refractivity contribution in [1.82, 2.24) is 4.98 Å². The molecule has 0 fully saturated rings. The molecule has 0 saturated heterocycles. The number of aromatic nitrogens is 1. The minimum absolute atomic E-state index is 0.439. The second kappa shape index (κ2) is 3.51. The van der Waals surface area contributed by atoms with Crippen molar-refractivity contribution in [3.8, 4) is 0 Å². The molecule has 1 heterocycles. The number of pyridine rings is 1. The maximum atomic E-state index is 9.15. The average Bonchev–Trinajstić information content (AvgIpc) is 2.04. The summed E-state index contributed by atoms with van der Waals surface area (Å²) in [5.41, 5.74) is 12.3. The summed E-state index contributed by atoms with van der Waals surface area (Å²) in [6.45, 7) is 1.63. The maximum absolute atomic E-state index is 9.15. The van der Waals surface area contributed by atoms with E-state index in [0.29, 0.717) is 11.4 Å². The van der Waals surface area contributed by atoms with Gasteiger partial charge in [-0.2, -0.15) is 0 Å². The first kappa shape index (κ1) is 8.96. The first-order chi connectivity index (χ1) is 5.61. The van der Waals surface area contributed by atoms with Crippen molar-refractivity contribution in [2.45, 2.75) is 19.1 Å². The summed E-state index contributed by atoms with van der Waals surface area (Å²) >= 11 is 0. The Hall–Kier alpha value is -1.13. The Morgan fingerprint density at radius 2 is 2.17 bits per heavy atom. The van der Waals surface area contributed by atoms with Crippen molar-refractivity contribution < 1.29 is 5.11 Å². The molecule has 0 spiro atoms. The largest absolute Gasteiger partial charge is 0.397 e. The second-order valence-corrected chi connectivity index (χ2v) is 2.78. The quantitative estimate of drug-likeness (QED) is 0.580. The van der Waals surface area contributed by atoms with Crippen LogP contribution in [0.5, 0.6) is 0 Å². The molecule has 4 nitrogen and oxygen atoms in total. The van der Waals surface area contributed by atoms with Crippen LogP contribution in [-0.2, 0) is 0 Å². The summed E-state index contributed by atoms with van der Waals surface area (Å²) in [7, 11) is 0. The summed E-state index contributed by atoms with van der Waals surface area (Å²) < 4.78 is 0. The van der Waals surface area contributed by atoms with E-state index < -0.39 is 12.1 Å². The first-order valence-corrected chi connectivity index (χ1v) is 3.76. The highest BCUT2D eigenvalue weighted by atomic mass is 16.3. The Kier molecular flexibility index (Phi) is 2.62. The van der Waals surface area contributed by atoms with Crippen LogP contribution in [0.1, 0.15) is 18.7 Å². The van der Waals surface area contributed by atoms with Gasteiger partial charge in [0.25, 0.3) is 0 Å². The fourth-order valence-corrected chi connectivity index (χ4v) is 0.861. The zero-order valence-electron chi connectivity index (χ0n) is 6.94. The van der Waals surface area contributed by atoms with Crippen LogP contribution in [0.3, 0.4) is 0 Å². The molecular formula is C8H13N3O. The molecule has 0 aliphatic carbocycles. The highest BCUT2D eigenvalue weighted by Crippen LogP contribution is 2.11. The summed E-state index contributed by atoms with van der Waals surface area (Å²) in [5.74, 6) is 0. The van der Waals surface area contributed by atoms with Crippen molar-refractivity contribution in [2.75, 3.05) is 5.73 Å². The molecule has 1 rings (SSSR count). The normalized spacial score (nSPS) is 15.6. The first-order valence-electron chi connectivity index (χ1n) is 3.76. The Balaban J connectivity index is 2.82. The molecule has 0 aromatic carbocycles. The van der Waals surface area contributed by atoms with Crippen LogP contribution >= 0.6 is 0 Å². The number of nitrogen functional groups attached to an aromatic ring is 1. The molecule has 0 aliphatic heterocycles. The van der Waals surface area contributed by atoms with Crippen molar-refractivity contribution in [1.29, 1.82) is 0 Å². The van der Waals surface area contributed by atoms with Gasteiger partial charge in [0, 0.05) is 0 Å². The van der Waals surface area contributed by atoms with E-state index in [2.05, 4.69) is 4.98 Å². The van der Waals surface area contributed by atoms with Gasteiger partial charge >= 0.3 is 0 Å². The lowest BCUT2D eigenvalue weighted by Crippen LogP contribution is -2.24. The predicted molar refractivity (Wildman–Crippen MR) is 47.3 cm³/mol. The molecule has 0 unspecified atom stereocenters. The van der Waals surface area contributed by atoms with Crippen molar-refractivity contribution in [3.05, 3.63) is 24.0 Å². The SMILES string of the molecule is C[C@H](O)[C@@H](N)c1ccc(N)cn1. The lowest BCUT2D eigenvalue weighted by Gasteiger charge is -2.13. The second-order valence-electron chi connectivity index (χ2n) is 2.78. The molecule has 1 aromatic rings. The van der Waals surface area contributed by atoms with Crippen LogP contribution in [0.25, 0.3) is 0 Å². The molecule has 5 N–H and O–H groups in total. The van der Waals surface area contributed by atoms with Gasteiger partial charge in [0.15, 0.2) is 0 Å². The minimum Gasteiger partial charge on any atom is -0.397 e. The molecule has 66 valence electrons.